The van der Waals surface area contributed by atoms with E-state index in [1.54, 1.807) is 13.0 Å². The monoisotopic (exact) mass is 266 g/mol. The molecule has 0 spiro atoms. The van der Waals surface area contributed by atoms with Crippen molar-refractivity contribution in [2.75, 3.05) is 0 Å². The van der Waals surface area contributed by atoms with Gasteiger partial charge in [-0.3, -0.25) is 4.79 Å². The van der Waals surface area contributed by atoms with Gasteiger partial charge in [0.1, 0.15) is 11.3 Å². The number of fused-ring (bicyclic) bond motifs is 2. The smallest absolute Gasteiger partial charge is 0.345 e. The fourth-order valence-corrected chi connectivity index (χ4v) is 1.90. The summed E-state index contributed by atoms with van der Waals surface area (Å²) in [6.07, 6.45) is 1.24. The van der Waals surface area contributed by atoms with Crippen LogP contribution in [0.5, 0.6) is 0 Å². The number of hydrogen-bond acceptors (Lipinski definition) is 5. The van der Waals surface area contributed by atoms with Gasteiger partial charge in [0.15, 0.2) is 5.76 Å². The molecule has 1 aromatic heterocycles. The molecule has 1 aromatic rings. The van der Waals surface area contributed by atoms with Gasteiger partial charge in [0, 0.05) is 19.4 Å². The van der Waals surface area contributed by atoms with E-state index >= 15 is 0 Å². The molecule has 2 atom stereocenters. The van der Waals surface area contributed by atoms with Crippen LogP contribution in [0.4, 0.5) is 0 Å². The van der Waals surface area contributed by atoms with E-state index in [0.717, 1.165) is 0 Å². The second-order valence-electron chi connectivity index (χ2n) is 4.87. The van der Waals surface area contributed by atoms with Crippen LogP contribution in [0.25, 0.3) is 0 Å². The summed E-state index contributed by atoms with van der Waals surface area (Å²) in [5.41, 5.74) is 0.412. The number of esters is 2. The molecule has 2 rings (SSSR count). The van der Waals surface area contributed by atoms with Crippen molar-refractivity contribution in [3.63, 3.8) is 0 Å². The summed E-state index contributed by atoms with van der Waals surface area (Å²) in [4.78, 5) is 23.7. The number of aryl methyl sites for hydroxylation is 1. The van der Waals surface area contributed by atoms with Crippen LogP contribution < -0.4 is 0 Å². The van der Waals surface area contributed by atoms with E-state index in [-0.39, 0.29) is 5.92 Å². The quantitative estimate of drug-likeness (QED) is 0.784. The van der Waals surface area contributed by atoms with Crippen molar-refractivity contribution in [3.05, 3.63) is 23.2 Å². The number of carbonyl (C=O) groups is 2. The van der Waals surface area contributed by atoms with Gasteiger partial charge in [-0.15, -0.1) is 0 Å². The molecule has 0 saturated heterocycles. The molecule has 0 N–H and O–H groups in total. The lowest BCUT2D eigenvalue weighted by molar-refractivity contribution is -0.218. The lowest BCUT2D eigenvalue weighted by Crippen LogP contribution is -2.37. The van der Waals surface area contributed by atoms with Crippen LogP contribution in [0.1, 0.15) is 56.0 Å². The third-order valence-corrected chi connectivity index (χ3v) is 3.40. The standard InChI is InChI=1S/C14H18O5/c1-5-8(3)12(15)18-14(4)11-7-9(13(16)19-14)10(6-2)17-11/h7-8H,5-6H2,1-4H3. The molecule has 1 aliphatic heterocycles. The number of ether oxygens (including phenoxy) is 2. The van der Waals surface area contributed by atoms with E-state index in [1.807, 2.05) is 13.8 Å². The Hall–Kier alpha value is -1.78. The molecule has 0 radical (unpaired) electrons. The first-order valence-electron chi connectivity index (χ1n) is 6.50. The molecule has 19 heavy (non-hydrogen) atoms. The Balaban J connectivity index is 2.29. The number of cyclic esters (lactones) is 1. The van der Waals surface area contributed by atoms with Gasteiger partial charge >= 0.3 is 17.7 Å². The first kappa shape index (κ1) is 13.6. The van der Waals surface area contributed by atoms with Crippen molar-refractivity contribution in [3.8, 4) is 0 Å². The Morgan fingerprint density at radius 1 is 1.47 bits per heavy atom. The molecule has 0 aliphatic carbocycles. The molecule has 0 saturated carbocycles. The predicted molar refractivity (Wildman–Crippen MR) is 66.4 cm³/mol. The van der Waals surface area contributed by atoms with Crippen LogP contribution in [-0.2, 0) is 26.5 Å². The molecule has 2 bridgehead atoms. The van der Waals surface area contributed by atoms with E-state index in [2.05, 4.69) is 0 Å². The van der Waals surface area contributed by atoms with Crippen molar-refractivity contribution in [2.45, 2.75) is 46.3 Å². The summed E-state index contributed by atoms with van der Waals surface area (Å²) in [5.74, 6) is -1.72. The average Bonchev–Trinajstić information content (AvgIpc) is 2.78. The van der Waals surface area contributed by atoms with Crippen molar-refractivity contribution in [2.24, 2.45) is 5.92 Å². The lowest BCUT2D eigenvalue weighted by Gasteiger charge is -2.29. The highest BCUT2D eigenvalue weighted by molar-refractivity contribution is 5.92. The first-order valence-corrected chi connectivity index (χ1v) is 6.50. The summed E-state index contributed by atoms with van der Waals surface area (Å²) >= 11 is 0. The van der Waals surface area contributed by atoms with Gasteiger partial charge in [-0.05, 0) is 6.42 Å². The minimum absolute atomic E-state index is 0.252. The average molecular weight is 266 g/mol. The van der Waals surface area contributed by atoms with E-state index in [0.29, 0.717) is 29.9 Å². The van der Waals surface area contributed by atoms with Crippen molar-refractivity contribution >= 4 is 11.9 Å². The Kier molecular flexibility index (Phi) is 3.39. The highest BCUT2D eigenvalue weighted by Gasteiger charge is 2.45. The maximum absolute atomic E-state index is 11.9. The number of carbonyl (C=O) groups excluding carboxylic acids is 2. The summed E-state index contributed by atoms with van der Waals surface area (Å²) in [6.45, 7) is 7.06. The summed E-state index contributed by atoms with van der Waals surface area (Å²) in [7, 11) is 0. The van der Waals surface area contributed by atoms with E-state index in [9.17, 15) is 9.59 Å². The summed E-state index contributed by atoms with van der Waals surface area (Å²) < 4.78 is 16.1. The van der Waals surface area contributed by atoms with Crippen LogP contribution in [-0.4, -0.2) is 11.9 Å². The largest absolute Gasteiger partial charge is 0.457 e. The molecule has 0 amide bonds. The van der Waals surface area contributed by atoms with Crippen LogP contribution in [0.2, 0.25) is 0 Å². The molecule has 2 unspecified atom stereocenters. The normalized spacial score (nSPS) is 22.8. The molecule has 5 nitrogen and oxygen atoms in total. The van der Waals surface area contributed by atoms with Gasteiger partial charge < -0.3 is 13.9 Å². The van der Waals surface area contributed by atoms with Gasteiger partial charge in [-0.25, -0.2) is 4.79 Å². The van der Waals surface area contributed by atoms with Crippen LogP contribution in [0.15, 0.2) is 10.5 Å². The molecule has 1 aliphatic rings. The second-order valence-corrected chi connectivity index (χ2v) is 4.87. The van der Waals surface area contributed by atoms with Crippen LogP contribution in [0.3, 0.4) is 0 Å². The fourth-order valence-electron chi connectivity index (χ4n) is 1.90. The first-order chi connectivity index (χ1) is 8.91. The van der Waals surface area contributed by atoms with Crippen molar-refractivity contribution in [1.29, 1.82) is 0 Å². The van der Waals surface area contributed by atoms with Gasteiger partial charge in [0.2, 0.25) is 0 Å². The maximum Gasteiger partial charge on any atom is 0.345 e. The maximum atomic E-state index is 11.9. The van der Waals surface area contributed by atoms with E-state index < -0.39 is 17.7 Å². The number of hydrogen-bond donors (Lipinski definition) is 0. The summed E-state index contributed by atoms with van der Waals surface area (Å²) in [5, 5.41) is 0. The Morgan fingerprint density at radius 3 is 2.74 bits per heavy atom. The second kappa shape index (κ2) is 4.72. The SMILES string of the molecule is CCc1oc2cc1C(=O)OC2(C)OC(=O)C(C)CC. The van der Waals surface area contributed by atoms with Crippen molar-refractivity contribution in [1.82, 2.24) is 0 Å². The van der Waals surface area contributed by atoms with Gasteiger partial charge in [0.25, 0.3) is 0 Å². The van der Waals surface area contributed by atoms with Crippen molar-refractivity contribution < 1.29 is 23.5 Å². The van der Waals surface area contributed by atoms with Gasteiger partial charge in [0.05, 0.1) is 5.92 Å². The predicted octanol–water partition coefficient (Wildman–Crippen LogP) is 2.77. The third kappa shape index (κ3) is 2.25. The number of furan rings is 1. The zero-order valence-electron chi connectivity index (χ0n) is 11.6. The molecule has 0 aromatic carbocycles. The molecule has 5 heteroatoms. The van der Waals surface area contributed by atoms with E-state index in [1.165, 1.54) is 6.92 Å². The lowest BCUT2D eigenvalue weighted by atomic mass is 10.1. The zero-order valence-corrected chi connectivity index (χ0v) is 11.6. The molecular weight excluding hydrogens is 248 g/mol. The zero-order chi connectivity index (χ0) is 14.2. The summed E-state index contributed by atoms with van der Waals surface area (Å²) in [6, 6.07) is 1.59. The highest BCUT2D eigenvalue weighted by Crippen LogP contribution is 2.37. The fraction of sp³-hybridized carbons (Fsp3) is 0.571. The van der Waals surface area contributed by atoms with E-state index in [4.69, 9.17) is 13.9 Å². The number of rotatable bonds is 4. The molecule has 0 fully saturated rings. The Morgan fingerprint density at radius 2 is 2.16 bits per heavy atom. The topological polar surface area (TPSA) is 65.7 Å². The molecular formula is C14H18O5. The molecule has 104 valence electrons. The van der Waals surface area contributed by atoms with Crippen LogP contribution in [0, 0.1) is 5.92 Å². The van der Waals surface area contributed by atoms with Gasteiger partial charge in [-0.2, -0.15) is 0 Å². The minimum atomic E-state index is -1.46. The van der Waals surface area contributed by atoms with Gasteiger partial charge in [-0.1, -0.05) is 20.8 Å². The molecule has 2 heterocycles. The van der Waals surface area contributed by atoms with Crippen LogP contribution >= 0.6 is 0 Å². The minimum Gasteiger partial charge on any atom is -0.457 e. The Bertz CT molecular complexity index is 516. The third-order valence-electron chi connectivity index (χ3n) is 3.40. The Labute approximate surface area is 111 Å². The highest BCUT2D eigenvalue weighted by atomic mass is 16.7.